The van der Waals surface area contributed by atoms with E-state index in [1.165, 1.54) is 0 Å². The van der Waals surface area contributed by atoms with Gasteiger partial charge in [0.25, 0.3) is 0 Å². The molecule has 0 aliphatic rings. The third kappa shape index (κ3) is 9.54. The molecule has 0 unspecified atom stereocenters. The third-order valence-corrected chi connectivity index (χ3v) is 1.79. The molecular weight excluding hydrogens is 164 g/mol. The predicted molar refractivity (Wildman–Crippen MR) is 54.8 cm³/mol. The molecule has 0 rings (SSSR count). The van der Waals surface area contributed by atoms with Crippen LogP contribution in [0.2, 0.25) is 0 Å². The molecule has 0 aromatic rings. The van der Waals surface area contributed by atoms with Gasteiger partial charge in [0.2, 0.25) is 0 Å². The molecular formula is C11H22O2. The topological polar surface area (TPSA) is 26.3 Å². The molecule has 0 fully saturated rings. The summed E-state index contributed by atoms with van der Waals surface area (Å²) < 4.78 is 5.27. The first-order valence-corrected chi connectivity index (χ1v) is 5.05. The fourth-order valence-corrected chi connectivity index (χ4v) is 0.915. The van der Waals surface area contributed by atoms with Gasteiger partial charge in [-0.3, -0.25) is 4.79 Å². The summed E-state index contributed by atoms with van der Waals surface area (Å²) in [6.07, 6.45) is 2.57. The maximum Gasteiger partial charge on any atom is 0.158 e. The maximum absolute atomic E-state index is 11.0. The number of Topliss-reactive ketones (excluding diaryl/α,β-unsaturated/α-hetero) is 1. The van der Waals surface area contributed by atoms with Gasteiger partial charge in [0.15, 0.2) is 5.78 Å². The standard InChI is InChI=1S/C11H22O2/c1-5-6-10(12)9-13-8-7-11(2,3)4/h5-9H2,1-4H3. The van der Waals surface area contributed by atoms with Gasteiger partial charge in [-0.25, -0.2) is 0 Å². The van der Waals surface area contributed by atoms with Crippen LogP contribution in [0.4, 0.5) is 0 Å². The van der Waals surface area contributed by atoms with Crippen molar-refractivity contribution in [3.05, 3.63) is 0 Å². The summed E-state index contributed by atoms with van der Waals surface area (Å²) in [5, 5.41) is 0. The highest BCUT2D eigenvalue weighted by atomic mass is 16.5. The van der Waals surface area contributed by atoms with Gasteiger partial charge in [-0.1, -0.05) is 27.7 Å². The van der Waals surface area contributed by atoms with Crippen LogP contribution in [-0.2, 0) is 9.53 Å². The highest BCUT2D eigenvalue weighted by Gasteiger charge is 2.09. The van der Waals surface area contributed by atoms with Crippen LogP contribution in [0.1, 0.15) is 47.0 Å². The summed E-state index contributed by atoms with van der Waals surface area (Å²) in [6, 6.07) is 0. The van der Waals surface area contributed by atoms with Gasteiger partial charge in [-0.2, -0.15) is 0 Å². The zero-order chi connectivity index (χ0) is 10.3. The Bertz CT molecular complexity index is 145. The quantitative estimate of drug-likeness (QED) is 0.596. The number of hydrogen-bond acceptors (Lipinski definition) is 2. The number of rotatable bonds is 6. The van der Waals surface area contributed by atoms with Crippen molar-refractivity contribution in [1.29, 1.82) is 0 Å². The lowest BCUT2D eigenvalue weighted by atomic mass is 9.93. The lowest BCUT2D eigenvalue weighted by Gasteiger charge is -2.17. The number of carbonyl (C=O) groups excluding carboxylic acids is 1. The normalized spacial score (nSPS) is 11.7. The summed E-state index contributed by atoms with van der Waals surface area (Å²) >= 11 is 0. The molecule has 0 saturated heterocycles. The van der Waals surface area contributed by atoms with E-state index < -0.39 is 0 Å². The Morgan fingerprint density at radius 2 is 1.92 bits per heavy atom. The van der Waals surface area contributed by atoms with E-state index >= 15 is 0 Å². The summed E-state index contributed by atoms with van der Waals surface area (Å²) in [7, 11) is 0. The molecule has 0 heterocycles. The van der Waals surface area contributed by atoms with Crippen LogP contribution in [0.15, 0.2) is 0 Å². The fraction of sp³-hybridized carbons (Fsp3) is 0.909. The molecule has 0 aliphatic carbocycles. The maximum atomic E-state index is 11.0. The van der Waals surface area contributed by atoms with Crippen molar-refractivity contribution in [2.45, 2.75) is 47.0 Å². The van der Waals surface area contributed by atoms with Gasteiger partial charge in [-0.05, 0) is 18.3 Å². The fourth-order valence-electron chi connectivity index (χ4n) is 0.915. The Morgan fingerprint density at radius 3 is 2.38 bits per heavy atom. The van der Waals surface area contributed by atoms with Crippen LogP contribution in [0.25, 0.3) is 0 Å². The summed E-state index contributed by atoms with van der Waals surface area (Å²) in [5.74, 6) is 0.219. The van der Waals surface area contributed by atoms with E-state index in [1.807, 2.05) is 6.92 Å². The highest BCUT2D eigenvalue weighted by molar-refractivity contribution is 5.79. The second-order valence-electron chi connectivity index (χ2n) is 4.65. The predicted octanol–water partition coefficient (Wildman–Crippen LogP) is 2.81. The van der Waals surface area contributed by atoms with Crippen molar-refractivity contribution in [3.63, 3.8) is 0 Å². The Morgan fingerprint density at radius 1 is 1.31 bits per heavy atom. The average molecular weight is 186 g/mol. The Hall–Kier alpha value is -0.370. The third-order valence-electron chi connectivity index (χ3n) is 1.79. The van der Waals surface area contributed by atoms with E-state index in [1.54, 1.807) is 0 Å². The first kappa shape index (κ1) is 12.6. The lowest BCUT2D eigenvalue weighted by Crippen LogP contribution is -2.13. The molecule has 0 amide bonds. The molecule has 0 aliphatic heterocycles. The second-order valence-corrected chi connectivity index (χ2v) is 4.65. The molecule has 0 aromatic carbocycles. The summed E-state index contributed by atoms with van der Waals surface area (Å²) in [6.45, 7) is 9.51. The van der Waals surface area contributed by atoms with Gasteiger partial charge in [-0.15, -0.1) is 0 Å². The zero-order valence-electron chi connectivity index (χ0n) is 9.35. The van der Waals surface area contributed by atoms with E-state index in [9.17, 15) is 4.79 Å². The molecule has 0 aromatic heterocycles. The summed E-state index contributed by atoms with van der Waals surface area (Å²) in [4.78, 5) is 11.0. The van der Waals surface area contributed by atoms with Gasteiger partial charge >= 0.3 is 0 Å². The molecule has 0 bridgehead atoms. The van der Waals surface area contributed by atoms with Crippen LogP contribution in [0.3, 0.4) is 0 Å². The van der Waals surface area contributed by atoms with Gasteiger partial charge in [0.1, 0.15) is 6.61 Å². The van der Waals surface area contributed by atoms with Crippen LogP contribution in [0.5, 0.6) is 0 Å². The van der Waals surface area contributed by atoms with E-state index in [0.717, 1.165) is 12.8 Å². The highest BCUT2D eigenvalue weighted by Crippen LogP contribution is 2.17. The van der Waals surface area contributed by atoms with Crippen LogP contribution < -0.4 is 0 Å². The first-order valence-electron chi connectivity index (χ1n) is 5.05. The second kappa shape index (κ2) is 6.14. The molecule has 2 heteroatoms. The molecule has 0 atom stereocenters. The minimum absolute atomic E-state index is 0.219. The number of carbonyl (C=O) groups is 1. The molecule has 0 saturated carbocycles. The van der Waals surface area contributed by atoms with Gasteiger partial charge in [0.05, 0.1) is 0 Å². The van der Waals surface area contributed by atoms with E-state index in [0.29, 0.717) is 25.0 Å². The van der Waals surface area contributed by atoms with Crippen molar-refractivity contribution in [3.8, 4) is 0 Å². The molecule has 0 spiro atoms. The molecule has 2 nitrogen and oxygen atoms in total. The van der Waals surface area contributed by atoms with Crippen molar-refractivity contribution < 1.29 is 9.53 Å². The largest absolute Gasteiger partial charge is 0.374 e. The molecule has 13 heavy (non-hydrogen) atoms. The van der Waals surface area contributed by atoms with E-state index in [2.05, 4.69) is 20.8 Å². The van der Waals surface area contributed by atoms with Crippen LogP contribution in [-0.4, -0.2) is 19.0 Å². The minimum atomic E-state index is 0.219. The first-order chi connectivity index (χ1) is 5.95. The average Bonchev–Trinajstić information content (AvgIpc) is 1.97. The van der Waals surface area contributed by atoms with Crippen molar-refractivity contribution in [1.82, 2.24) is 0 Å². The molecule has 0 N–H and O–H groups in total. The SMILES string of the molecule is CCCC(=O)COCCC(C)(C)C. The van der Waals surface area contributed by atoms with Crippen molar-refractivity contribution in [2.75, 3.05) is 13.2 Å². The zero-order valence-corrected chi connectivity index (χ0v) is 9.35. The summed E-state index contributed by atoms with van der Waals surface area (Å²) in [5.41, 5.74) is 0.299. The monoisotopic (exact) mass is 186 g/mol. The number of hydrogen-bond donors (Lipinski definition) is 0. The lowest BCUT2D eigenvalue weighted by molar-refractivity contribution is -0.123. The van der Waals surface area contributed by atoms with Crippen LogP contribution in [0, 0.1) is 5.41 Å². The smallest absolute Gasteiger partial charge is 0.158 e. The Labute approximate surface area is 81.7 Å². The molecule has 78 valence electrons. The Kier molecular flexibility index (Phi) is 5.97. The number of ether oxygens (including phenoxy) is 1. The van der Waals surface area contributed by atoms with Gasteiger partial charge in [0, 0.05) is 13.0 Å². The Balaban J connectivity index is 3.31. The van der Waals surface area contributed by atoms with Gasteiger partial charge < -0.3 is 4.74 Å². The minimum Gasteiger partial charge on any atom is -0.374 e. The van der Waals surface area contributed by atoms with E-state index in [4.69, 9.17) is 4.74 Å². The number of ketones is 1. The van der Waals surface area contributed by atoms with E-state index in [-0.39, 0.29) is 5.78 Å². The van der Waals surface area contributed by atoms with Crippen molar-refractivity contribution in [2.24, 2.45) is 5.41 Å². The molecule has 0 radical (unpaired) electrons. The van der Waals surface area contributed by atoms with Crippen molar-refractivity contribution >= 4 is 5.78 Å². The van der Waals surface area contributed by atoms with Crippen LogP contribution >= 0.6 is 0 Å².